The third-order valence-electron chi connectivity index (χ3n) is 1.84. The van der Waals surface area contributed by atoms with Crippen molar-refractivity contribution in [3.8, 4) is 0 Å². The van der Waals surface area contributed by atoms with Crippen LogP contribution >= 0.6 is 0 Å². The molecule has 116 valence electrons. The van der Waals surface area contributed by atoms with Crippen molar-refractivity contribution in [1.29, 1.82) is 0 Å². The standard InChI is InChI=1S/C6H14N4O2.C4H6O4/c7-4(5(11)12)2-1-3-10-6(8)9;5-3(6)1-2-4(7)8/h4H,1-3,7H2,(H,11,12)(H4,8,9,10);1-2H2,(H,5,6)(H,7,8)/t4-;/m0./s1. The van der Waals surface area contributed by atoms with Crippen LogP contribution in [0.1, 0.15) is 25.7 Å². The number of nitrogens with zero attached hydrogens (tertiary/aromatic N) is 1. The summed E-state index contributed by atoms with van der Waals surface area (Å²) in [6.45, 7) is 0.420. The van der Waals surface area contributed by atoms with Crippen molar-refractivity contribution < 1.29 is 29.7 Å². The fourth-order valence-corrected chi connectivity index (χ4v) is 0.857. The van der Waals surface area contributed by atoms with Gasteiger partial charge < -0.3 is 32.5 Å². The molecule has 0 aliphatic rings. The van der Waals surface area contributed by atoms with Crippen LogP contribution in [0.4, 0.5) is 0 Å². The molecular weight excluding hydrogens is 272 g/mol. The van der Waals surface area contributed by atoms with Crippen molar-refractivity contribution in [1.82, 2.24) is 0 Å². The Morgan fingerprint density at radius 3 is 1.75 bits per heavy atom. The Labute approximate surface area is 115 Å². The SMILES string of the molecule is NC(N)=NCCC[C@H](N)C(=O)O.O=C(O)CCC(=O)O. The van der Waals surface area contributed by atoms with Crippen LogP contribution in [0.25, 0.3) is 0 Å². The zero-order valence-corrected chi connectivity index (χ0v) is 10.9. The van der Waals surface area contributed by atoms with Crippen molar-refractivity contribution in [2.45, 2.75) is 31.7 Å². The maximum absolute atomic E-state index is 10.2. The summed E-state index contributed by atoms with van der Waals surface area (Å²) in [6.07, 6.45) is 0.363. The quantitative estimate of drug-likeness (QED) is 0.173. The fraction of sp³-hybridized carbons (Fsp3) is 0.600. The molecule has 0 radical (unpaired) electrons. The Bertz CT molecular complexity index is 340. The first kappa shape index (κ1) is 20.0. The number of carboxylic acid groups (broad SMARTS) is 3. The number of hydrogen-bond donors (Lipinski definition) is 6. The number of hydrogen-bond acceptors (Lipinski definition) is 5. The third-order valence-corrected chi connectivity index (χ3v) is 1.84. The van der Waals surface area contributed by atoms with Crippen molar-refractivity contribution >= 4 is 23.9 Å². The van der Waals surface area contributed by atoms with Crippen LogP contribution in [0.15, 0.2) is 4.99 Å². The van der Waals surface area contributed by atoms with Gasteiger partial charge in [0.1, 0.15) is 6.04 Å². The first-order valence-corrected chi connectivity index (χ1v) is 5.64. The molecule has 0 aliphatic heterocycles. The number of aliphatic carboxylic acids is 3. The number of aliphatic imine (C=N–C) groups is 1. The average molecular weight is 292 g/mol. The maximum Gasteiger partial charge on any atom is 0.320 e. The molecule has 0 aromatic rings. The molecule has 0 aliphatic carbocycles. The summed E-state index contributed by atoms with van der Waals surface area (Å²) in [5, 5.41) is 24.2. The third kappa shape index (κ3) is 18.0. The zero-order chi connectivity index (χ0) is 16.1. The Balaban J connectivity index is 0. The van der Waals surface area contributed by atoms with Crippen molar-refractivity contribution in [3.05, 3.63) is 0 Å². The smallest absolute Gasteiger partial charge is 0.320 e. The molecule has 0 aromatic carbocycles. The van der Waals surface area contributed by atoms with Gasteiger partial charge in [0.05, 0.1) is 12.8 Å². The van der Waals surface area contributed by atoms with E-state index < -0.39 is 23.9 Å². The molecule has 20 heavy (non-hydrogen) atoms. The molecule has 0 aromatic heterocycles. The minimum absolute atomic E-state index is 0.0129. The van der Waals surface area contributed by atoms with E-state index in [2.05, 4.69) is 4.99 Å². The molecule has 0 saturated carbocycles. The van der Waals surface area contributed by atoms with Gasteiger partial charge in [0.25, 0.3) is 0 Å². The maximum atomic E-state index is 10.2. The lowest BCUT2D eigenvalue weighted by molar-refractivity contribution is -0.143. The molecule has 0 unspecified atom stereocenters. The van der Waals surface area contributed by atoms with Gasteiger partial charge in [-0.05, 0) is 12.8 Å². The van der Waals surface area contributed by atoms with Crippen molar-refractivity contribution in [3.63, 3.8) is 0 Å². The highest BCUT2D eigenvalue weighted by Crippen LogP contribution is 1.94. The lowest BCUT2D eigenvalue weighted by Gasteiger charge is -2.03. The van der Waals surface area contributed by atoms with Crippen LogP contribution in [0.3, 0.4) is 0 Å². The fourth-order valence-electron chi connectivity index (χ4n) is 0.857. The lowest BCUT2D eigenvalue weighted by Crippen LogP contribution is -2.30. The summed E-state index contributed by atoms with van der Waals surface area (Å²) in [7, 11) is 0. The van der Waals surface area contributed by atoms with E-state index in [9.17, 15) is 14.4 Å². The normalized spacial score (nSPS) is 10.7. The van der Waals surface area contributed by atoms with Gasteiger partial charge in [-0.3, -0.25) is 19.4 Å². The topological polar surface area (TPSA) is 202 Å². The summed E-state index contributed by atoms with van der Waals surface area (Å²) in [5.74, 6) is -3.14. The molecule has 0 bridgehead atoms. The molecule has 10 nitrogen and oxygen atoms in total. The minimum Gasteiger partial charge on any atom is -0.481 e. The number of carboxylic acids is 3. The van der Waals surface area contributed by atoms with E-state index in [4.69, 9.17) is 32.5 Å². The average Bonchev–Trinajstić information content (AvgIpc) is 2.32. The Kier molecular flexibility index (Phi) is 11.7. The number of guanidine groups is 1. The van der Waals surface area contributed by atoms with Crippen LogP contribution in [0, 0.1) is 0 Å². The predicted molar refractivity (Wildman–Crippen MR) is 70.0 cm³/mol. The van der Waals surface area contributed by atoms with E-state index in [1.807, 2.05) is 0 Å². The van der Waals surface area contributed by atoms with Gasteiger partial charge in [-0.1, -0.05) is 0 Å². The van der Waals surface area contributed by atoms with Crippen LogP contribution < -0.4 is 17.2 Å². The van der Waals surface area contributed by atoms with E-state index in [1.165, 1.54) is 0 Å². The summed E-state index contributed by atoms with van der Waals surface area (Å²) in [5.41, 5.74) is 15.3. The van der Waals surface area contributed by atoms with E-state index >= 15 is 0 Å². The molecule has 1 atom stereocenters. The molecule has 0 heterocycles. The largest absolute Gasteiger partial charge is 0.481 e. The Hall–Kier alpha value is -2.36. The van der Waals surface area contributed by atoms with Gasteiger partial charge in [0.15, 0.2) is 5.96 Å². The highest BCUT2D eigenvalue weighted by atomic mass is 16.4. The molecular formula is C10H20N4O6. The van der Waals surface area contributed by atoms with Crippen LogP contribution in [-0.4, -0.2) is 51.8 Å². The molecule has 9 N–H and O–H groups in total. The second kappa shape index (κ2) is 11.7. The van der Waals surface area contributed by atoms with Gasteiger partial charge in [-0.25, -0.2) is 0 Å². The first-order valence-electron chi connectivity index (χ1n) is 5.64. The zero-order valence-electron chi connectivity index (χ0n) is 10.9. The summed E-state index contributed by atoms with van der Waals surface area (Å²) < 4.78 is 0. The molecule has 0 rings (SSSR count). The van der Waals surface area contributed by atoms with Gasteiger partial charge in [0, 0.05) is 6.54 Å². The Morgan fingerprint density at radius 1 is 1.00 bits per heavy atom. The molecule has 0 fully saturated rings. The van der Waals surface area contributed by atoms with Crippen LogP contribution in [0.2, 0.25) is 0 Å². The van der Waals surface area contributed by atoms with Crippen molar-refractivity contribution in [2.75, 3.05) is 6.54 Å². The van der Waals surface area contributed by atoms with Gasteiger partial charge in [0.2, 0.25) is 0 Å². The highest BCUT2D eigenvalue weighted by Gasteiger charge is 2.09. The van der Waals surface area contributed by atoms with E-state index in [-0.39, 0.29) is 18.8 Å². The second-order valence-corrected chi connectivity index (χ2v) is 3.68. The molecule has 0 saturated heterocycles. The van der Waals surface area contributed by atoms with Crippen molar-refractivity contribution in [2.24, 2.45) is 22.2 Å². The minimum atomic E-state index is -1.08. The summed E-state index contributed by atoms with van der Waals surface area (Å²) in [6, 6.07) is -0.820. The van der Waals surface area contributed by atoms with E-state index in [0.29, 0.717) is 19.4 Å². The highest BCUT2D eigenvalue weighted by molar-refractivity contribution is 5.76. The predicted octanol–water partition coefficient (Wildman–Crippen LogP) is -1.61. The number of carbonyl (C=O) groups is 3. The Morgan fingerprint density at radius 2 is 1.45 bits per heavy atom. The second-order valence-electron chi connectivity index (χ2n) is 3.68. The molecule has 10 heteroatoms. The summed E-state index contributed by atoms with van der Waals surface area (Å²) >= 11 is 0. The van der Waals surface area contributed by atoms with Crippen LogP contribution in [0.5, 0.6) is 0 Å². The first-order chi connectivity index (χ1) is 9.16. The van der Waals surface area contributed by atoms with Crippen LogP contribution in [-0.2, 0) is 14.4 Å². The number of nitrogens with two attached hydrogens (primary N) is 3. The lowest BCUT2D eigenvalue weighted by atomic mass is 10.2. The van der Waals surface area contributed by atoms with Gasteiger partial charge in [-0.15, -0.1) is 0 Å². The van der Waals surface area contributed by atoms with E-state index in [1.54, 1.807) is 0 Å². The van der Waals surface area contributed by atoms with Gasteiger partial charge in [-0.2, -0.15) is 0 Å². The molecule has 0 amide bonds. The monoisotopic (exact) mass is 292 g/mol. The van der Waals surface area contributed by atoms with E-state index in [0.717, 1.165) is 0 Å². The number of rotatable bonds is 8. The van der Waals surface area contributed by atoms with Gasteiger partial charge >= 0.3 is 17.9 Å². The molecule has 0 spiro atoms. The summed E-state index contributed by atoms with van der Waals surface area (Å²) in [4.78, 5) is 33.2.